The van der Waals surface area contributed by atoms with Gasteiger partial charge in [-0.05, 0) is 30.9 Å². The summed E-state index contributed by atoms with van der Waals surface area (Å²) >= 11 is 0. The van der Waals surface area contributed by atoms with Crippen LogP contribution in [0, 0.1) is 0 Å². The summed E-state index contributed by atoms with van der Waals surface area (Å²) in [5.74, 6) is 0. The number of fused-ring (bicyclic) bond motifs is 1. The molecule has 2 N–H and O–H groups in total. The van der Waals surface area contributed by atoms with E-state index in [-0.39, 0.29) is 0 Å². The maximum Gasteiger partial charge on any atom is 0.0476 e. The molecule has 2 unspecified atom stereocenters. The summed E-state index contributed by atoms with van der Waals surface area (Å²) in [6.07, 6.45) is 3.68. The van der Waals surface area contributed by atoms with Crippen LogP contribution in [0.25, 0.3) is 0 Å². The molecule has 1 aliphatic heterocycles. The highest BCUT2D eigenvalue weighted by Crippen LogP contribution is 2.31. The number of hydrogen-bond acceptors (Lipinski definition) is 2. The van der Waals surface area contributed by atoms with Crippen molar-refractivity contribution in [3.05, 3.63) is 35.4 Å². The number of nitrogens with two attached hydrogens (primary N) is 1. The van der Waals surface area contributed by atoms with E-state index < -0.39 is 0 Å². The Morgan fingerprint density at radius 3 is 2.88 bits per heavy atom. The molecule has 0 aliphatic carbocycles. The average Bonchev–Trinajstić information content (AvgIpc) is 2.37. The van der Waals surface area contributed by atoms with Gasteiger partial charge in [-0.15, -0.1) is 0 Å². The highest BCUT2D eigenvalue weighted by atomic mass is 15.2. The van der Waals surface area contributed by atoms with Crippen LogP contribution in [0.1, 0.15) is 43.9 Å². The fourth-order valence-corrected chi connectivity index (χ4v) is 3.04. The van der Waals surface area contributed by atoms with Crippen molar-refractivity contribution in [2.24, 2.45) is 5.73 Å². The van der Waals surface area contributed by atoms with Gasteiger partial charge in [0, 0.05) is 25.2 Å². The molecular weight excluding hydrogens is 208 g/mol. The van der Waals surface area contributed by atoms with E-state index >= 15 is 0 Å². The first kappa shape index (κ1) is 12.6. The fourth-order valence-electron chi connectivity index (χ4n) is 3.04. The first-order valence-corrected chi connectivity index (χ1v) is 6.81. The van der Waals surface area contributed by atoms with Crippen molar-refractivity contribution in [1.29, 1.82) is 0 Å². The maximum absolute atomic E-state index is 6.00. The molecule has 1 aromatic carbocycles. The molecule has 2 rings (SSSR count). The Morgan fingerprint density at radius 1 is 1.41 bits per heavy atom. The highest BCUT2D eigenvalue weighted by Gasteiger charge is 2.28. The molecule has 0 saturated heterocycles. The van der Waals surface area contributed by atoms with Crippen LogP contribution >= 0.6 is 0 Å². The van der Waals surface area contributed by atoms with Gasteiger partial charge in [0.1, 0.15) is 0 Å². The summed E-state index contributed by atoms with van der Waals surface area (Å²) < 4.78 is 0. The quantitative estimate of drug-likeness (QED) is 0.865. The second-order valence-corrected chi connectivity index (χ2v) is 5.08. The van der Waals surface area contributed by atoms with Crippen molar-refractivity contribution in [3.8, 4) is 0 Å². The van der Waals surface area contributed by atoms with Crippen LogP contribution in [0.3, 0.4) is 0 Å². The lowest BCUT2D eigenvalue weighted by Crippen LogP contribution is -2.44. The second-order valence-electron chi connectivity index (χ2n) is 5.08. The van der Waals surface area contributed by atoms with Gasteiger partial charge in [0.2, 0.25) is 0 Å². The van der Waals surface area contributed by atoms with Gasteiger partial charge in [0.05, 0.1) is 0 Å². The summed E-state index contributed by atoms with van der Waals surface area (Å²) in [6, 6.07) is 9.83. The van der Waals surface area contributed by atoms with Gasteiger partial charge < -0.3 is 5.73 Å². The number of hydrogen-bond donors (Lipinski definition) is 1. The first-order chi connectivity index (χ1) is 8.27. The van der Waals surface area contributed by atoms with Gasteiger partial charge >= 0.3 is 0 Å². The van der Waals surface area contributed by atoms with Crippen LogP contribution < -0.4 is 5.73 Å². The molecule has 94 valence electrons. The molecule has 1 aliphatic rings. The fraction of sp³-hybridized carbons (Fsp3) is 0.600. The summed E-state index contributed by atoms with van der Waals surface area (Å²) in [6.45, 7) is 6.47. The SMILES string of the molecule is CCCC(C)N1CCc2ccccc2C1CN. The third kappa shape index (κ3) is 2.53. The van der Waals surface area contributed by atoms with E-state index in [0.29, 0.717) is 12.1 Å². The largest absolute Gasteiger partial charge is 0.329 e. The predicted octanol–water partition coefficient (Wildman–Crippen LogP) is 2.73. The standard InChI is InChI=1S/C15H24N2/c1-3-6-12(2)17-10-9-13-7-4-5-8-14(13)15(17)11-16/h4-5,7-8,12,15H,3,6,9-11,16H2,1-2H3. The zero-order valence-corrected chi connectivity index (χ0v) is 11.0. The molecule has 17 heavy (non-hydrogen) atoms. The van der Waals surface area contributed by atoms with Gasteiger partial charge in [-0.1, -0.05) is 37.6 Å². The van der Waals surface area contributed by atoms with Crippen LogP contribution in [0.2, 0.25) is 0 Å². The van der Waals surface area contributed by atoms with Gasteiger partial charge in [-0.2, -0.15) is 0 Å². The molecule has 0 amide bonds. The van der Waals surface area contributed by atoms with Gasteiger partial charge in [-0.3, -0.25) is 4.90 Å². The molecule has 0 fully saturated rings. The molecule has 0 spiro atoms. The van der Waals surface area contributed by atoms with Crippen molar-refractivity contribution < 1.29 is 0 Å². The van der Waals surface area contributed by atoms with E-state index in [1.165, 1.54) is 30.4 Å². The first-order valence-electron chi connectivity index (χ1n) is 6.81. The summed E-state index contributed by atoms with van der Waals surface area (Å²) in [5, 5.41) is 0. The molecule has 0 radical (unpaired) electrons. The van der Waals surface area contributed by atoms with E-state index in [1.54, 1.807) is 0 Å². The smallest absolute Gasteiger partial charge is 0.0476 e. The normalized spacial score (nSPS) is 22.2. The minimum Gasteiger partial charge on any atom is -0.329 e. The van der Waals surface area contributed by atoms with Crippen LogP contribution in [-0.2, 0) is 6.42 Å². The minimum absolute atomic E-state index is 0.418. The maximum atomic E-state index is 6.00. The molecule has 2 heteroatoms. The Morgan fingerprint density at radius 2 is 2.18 bits per heavy atom. The van der Waals surface area contributed by atoms with E-state index in [2.05, 4.69) is 43.0 Å². The van der Waals surface area contributed by atoms with Gasteiger partial charge in [-0.25, -0.2) is 0 Å². The average molecular weight is 232 g/mol. The molecule has 0 aromatic heterocycles. The summed E-state index contributed by atoms with van der Waals surface area (Å²) in [5.41, 5.74) is 8.94. The number of nitrogens with zero attached hydrogens (tertiary/aromatic N) is 1. The third-order valence-corrected chi connectivity index (χ3v) is 3.95. The molecule has 0 saturated carbocycles. The Balaban J connectivity index is 2.23. The Labute approximate surface area is 105 Å². The van der Waals surface area contributed by atoms with Crippen molar-refractivity contribution in [2.45, 2.75) is 45.2 Å². The molecule has 2 nitrogen and oxygen atoms in total. The molecular formula is C15H24N2. The van der Waals surface area contributed by atoms with Crippen LogP contribution in [-0.4, -0.2) is 24.0 Å². The van der Waals surface area contributed by atoms with E-state index in [1.807, 2.05) is 0 Å². The minimum atomic E-state index is 0.418. The van der Waals surface area contributed by atoms with E-state index in [0.717, 1.165) is 13.1 Å². The van der Waals surface area contributed by atoms with Crippen LogP contribution in [0.5, 0.6) is 0 Å². The van der Waals surface area contributed by atoms with Crippen molar-refractivity contribution in [3.63, 3.8) is 0 Å². The van der Waals surface area contributed by atoms with Crippen molar-refractivity contribution in [2.75, 3.05) is 13.1 Å². The van der Waals surface area contributed by atoms with Crippen molar-refractivity contribution in [1.82, 2.24) is 4.90 Å². The molecule has 0 bridgehead atoms. The Bertz CT molecular complexity index is 362. The zero-order chi connectivity index (χ0) is 12.3. The second kappa shape index (κ2) is 5.65. The monoisotopic (exact) mass is 232 g/mol. The van der Waals surface area contributed by atoms with Gasteiger partial charge in [0.15, 0.2) is 0 Å². The molecule has 2 atom stereocenters. The predicted molar refractivity (Wildman–Crippen MR) is 73.0 cm³/mol. The summed E-state index contributed by atoms with van der Waals surface area (Å²) in [7, 11) is 0. The number of rotatable bonds is 4. The summed E-state index contributed by atoms with van der Waals surface area (Å²) in [4.78, 5) is 2.59. The lowest BCUT2D eigenvalue weighted by atomic mass is 9.91. The van der Waals surface area contributed by atoms with Crippen LogP contribution in [0.15, 0.2) is 24.3 Å². The molecule has 1 aromatic rings. The topological polar surface area (TPSA) is 29.3 Å². The Kier molecular flexibility index (Phi) is 4.19. The van der Waals surface area contributed by atoms with E-state index in [9.17, 15) is 0 Å². The number of benzene rings is 1. The van der Waals surface area contributed by atoms with Crippen LogP contribution in [0.4, 0.5) is 0 Å². The highest BCUT2D eigenvalue weighted by molar-refractivity contribution is 5.32. The van der Waals surface area contributed by atoms with E-state index in [4.69, 9.17) is 5.73 Å². The molecule has 1 heterocycles. The van der Waals surface area contributed by atoms with Crippen molar-refractivity contribution >= 4 is 0 Å². The third-order valence-electron chi connectivity index (χ3n) is 3.95. The van der Waals surface area contributed by atoms with Gasteiger partial charge in [0.25, 0.3) is 0 Å². The lowest BCUT2D eigenvalue weighted by Gasteiger charge is -2.40. The Hall–Kier alpha value is -0.860. The zero-order valence-electron chi connectivity index (χ0n) is 11.0. The lowest BCUT2D eigenvalue weighted by molar-refractivity contribution is 0.130.